The number of hydrogen-bond donors (Lipinski definition) is 2. The number of carbonyl (C=O) groups is 1. The van der Waals surface area contributed by atoms with Crippen LogP contribution in [0.5, 0.6) is 0 Å². The van der Waals surface area contributed by atoms with E-state index in [1.807, 2.05) is 0 Å². The summed E-state index contributed by atoms with van der Waals surface area (Å²) in [6.45, 7) is 1.26. The van der Waals surface area contributed by atoms with E-state index in [0.29, 0.717) is 12.2 Å². The maximum atomic E-state index is 10.3. The van der Waals surface area contributed by atoms with Crippen LogP contribution in [-0.4, -0.2) is 33.8 Å². The minimum Gasteiger partial charge on any atom is -0.394 e. The summed E-state index contributed by atoms with van der Waals surface area (Å²) in [6.07, 6.45) is -0.201. The molecule has 0 fully saturated rings. The predicted molar refractivity (Wildman–Crippen MR) is 40.8 cm³/mol. The van der Waals surface area contributed by atoms with E-state index in [1.54, 1.807) is 0 Å². The Balaban J connectivity index is 3.11. The van der Waals surface area contributed by atoms with Crippen LogP contribution in [0.2, 0.25) is 0 Å². The molecule has 2 N–H and O–H groups in total. The quantitative estimate of drug-likeness (QED) is 0.614. The standard InChI is InChI=1S/C6H12O3S/c1-5(8)10-3-2-6(9)4-7/h6-7,9H,2-4H2,1H3. The fraction of sp³-hybridized carbons (Fsp3) is 0.833. The Hall–Kier alpha value is -0.0600. The van der Waals surface area contributed by atoms with Crippen molar-refractivity contribution in [2.45, 2.75) is 19.4 Å². The molecule has 0 aliphatic heterocycles. The summed E-state index contributed by atoms with van der Waals surface area (Å²) in [4.78, 5) is 10.3. The van der Waals surface area contributed by atoms with Gasteiger partial charge < -0.3 is 10.2 Å². The second-order valence-corrected chi connectivity index (χ2v) is 3.24. The molecule has 0 aromatic carbocycles. The lowest BCUT2D eigenvalue weighted by Crippen LogP contribution is -2.12. The molecule has 0 aromatic heterocycles. The van der Waals surface area contributed by atoms with Crippen LogP contribution in [-0.2, 0) is 4.79 Å². The average Bonchev–Trinajstić information content (AvgIpc) is 1.87. The molecule has 0 saturated heterocycles. The minimum absolute atomic E-state index is 0.0464. The zero-order valence-electron chi connectivity index (χ0n) is 5.91. The maximum absolute atomic E-state index is 10.3. The molecule has 0 radical (unpaired) electrons. The van der Waals surface area contributed by atoms with Crippen LogP contribution in [0, 0.1) is 0 Å². The van der Waals surface area contributed by atoms with Crippen molar-refractivity contribution in [2.75, 3.05) is 12.4 Å². The van der Waals surface area contributed by atoms with Crippen LogP contribution in [0.1, 0.15) is 13.3 Å². The fourth-order valence-corrected chi connectivity index (χ4v) is 1.11. The highest BCUT2D eigenvalue weighted by molar-refractivity contribution is 8.13. The highest BCUT2D eigenvalue weighted by atomic mass is 32.2. The topological polar surface area (TPSA) is 57.5 Å². The maximum Gasteiger partial charge on any atom is 0.185 e. The molecule has 60 valence electrons. The van der Waals surface area contributed by atoms with Gasteiger partial charge in [0.2, 0.25) is 0 Å². The van der Waals surface area contributed by atoms with Gasteiger partial charge in [-0.3, -0.25) is 4.79 Å². The molecule has 1 unspecified atom stereocenters. The van der Waals surface area contributed by atoms with Crippen LogP contribution in [0.25, 0.3) is 0 Å². The molecule has 0 saturated carbocycles. The third-order valence-electron chi connectivity index (χ3n) is 0.967. The van der Waals surface area contributed by atoms with Gasteiger partial charge in [0, 0.05) is 12.7 Å². The van der Waals surface area contributed by atoms with Gasteiger partial charge in [-0.15, -0.1) is 0 Å². The van der Waals surface area contributed by atoms with Crippen molar-refractivity contribution in [1.29, 1.82) is 0 Å². The normalized spacial score (nSPS) is 13.1. The monoisotopic (exact) mass is 164 g/mol. The van der Waals surface area contributed by atoms with Crippen molar-refractivity contribution in [2.24, 2.45) is 0 Å². The number of hydrogen-bond acceptors (Lipinski definition) is 4. The van der Waals surface area contributed by atoms with E-state index >= 15 is 0 Å². The second-order valence-electron chi connectivity index (χ2n) is 1.97. The Morgan fingerprint density at radius 3 is 2.70 bits per heavy atom. The Labute approximate surface area is 64.4 Å². The predicted octanol–water partition coefficient (Wildman–Crippen LogP) is 0.00940. The van der Waals surface area contributed by atoms with Crippen LogP contribution in [0.3, 0.4) is 0 Å². The molecule has 10 heavy (non-hydrogen) atoms. The van der Waals surface area contributed by atoms with E-state index in [4.69, 9.17) is 10.2 Å². The average molecular weight is 164 g/mol. The number of aliphatic hydroxyl groups excluding tert-OH is 2. The van der Waals surface area contributed by atoms with Crippen molar-refractivity contribution >= 4 is 16.9 Å². The summed E-state index contributed by atoms with van der Waals surface area (Å²) in [6, 6.07) is 0. The van der Waals surface area contributed by atoms with Crippen molar-refractivity contribution < 1.29 is 15.0 Å². The third-order valence-corrected chi connectivity index (χ3v) is 1.81. The first-order valence-corrected chi connectivity index (χ1v) is 4.07. The number of thioether (sulfide) groups is 1. The molecule has 0 aliphatic rings. The third kappa shape index (κ3) is 6.07. The number of rotatable bonds is 4. The van der Waals surface area contributed by atoms with Gasteiger partial charge in [-0.2, -0.15) is 0 Å². The number of carbonyl (C=O) groups excluding carboxylic acids is 1. The SMILES string of the molecule is CC(=O)SCCC(O)CO. The van der Waals surface area contributed by atoms with E-state index in [-0.39, 0.29) is 11.7 Å². The van der Waals surface area contributed by atoms with Gasteiger partial charge in [-0.1, -0.05) is 11.8 Å². The van der Waals surface area contributed by atoms with E-state index in [2.05, 4.69) is 0 Å². The zero-order valence-corrected chi connectivity index (χ0v) is 6.73. The highest BCUT2D eigenvalue weighted by Gasteiger charge is 2.01. The summed E-state index contributed by atoms with van der Waals surface area (Å²) in [7, 11) is 0. The van der Waals surface area contributed by atoms with E-state index in [0.717, 1.165) is 11.8 Å². The van der Waals surface area contributed by atoms with Crippen LogP contribution >= 0.6 is 11.8 Å². The zero-order chi connectivity index (χ0) is 7.98. The van der Waals surface area contributed by atoms with Crippen molar-refractivity contribution in [3.8, 4) is 0 Å². The summed E-state index contributed by atoms with van der Waals surface area (Å²) in [5, 5.41) is 17.2. The lowest BCUT2D eigenvalue weighted by atomic mass is 10.3. The van der Waals surface area contributed by atoms with Gasteiger partial charge in [-0.05, 0) is 6.42 Å². The minimum atomic E-state index is -0.674. The van der Waals surface area contributed by atoms with Crippen LogP contribution in [0.15, 0.2) is 0 Å². The lowest BCUT2D eigenvalue weighted by molar-refractivity contribution is -0.109. The second kappa shape index (κ2) is 5.70. The van der Waals surface area contributed by atoms with E-state index in [1.165, 1.54) is 6.92 Å². The van der Waals surface area contributed by atoms with Gasteiger partial charge in [0.25, 0.3) is 0 Å². The molecule has 0 rings (SSSR count). The van der Waals surface area contributed by atoms with Gasteiger partial charge in [0.1, 0.15) is 0 Å². The number of aliphatic hydroxyl groups is 2. The van der Waals surface area contributed by atoms with Gasteiger partial charge in [0.15, 0.2) is 5.12 Å². The molecule has 4 heteroatoms. The smallest absolute Gasteiger partial charge is 0.185 e. The summed E-state index contributed by atoms with van der Waals surface area (Å²) < 4.78 is 0. The lowest BCUT2D eigenvalue weighted by Gasteiger charge is -2.03. The molecule has 0 aliphatic carbocycles. The molecular weight excluding hydrogens is 152 g/mol. The summed E-state index contributed by atoms with van der Waals surface area (Å²) in [5.41, 5.74) is 0. The molecule has 0 aromatic rings. The Morgan fingerprint density at radius 1 is 1.70 bits per heavy atom. The first-order chi connectivity index (χ1) is 4.66. The molecule has 0 spiro atoms. The molecule has 3 nitrogen and oxygen atoms in total. The molecule has 0 bridgehead atoms. The van der Waals surface area contributed by atoms with E-state index in [9.17, 15) is 4.79 Å². The van der Waals surface area contributed by atoms with Gasteiger partial charge in [-0.25, -0.2) is 0 Å². The first-order valence-electron chi connectivity index (χ1n) is 3.09. The largest absolute Gasteiger partial charge is 0.394 e. The first kappa shape index (κ1) is 9.94. The van der Waals surface area contributed by atoms with Crippen LogP contribution in [0.4, 0.5) is 0 Å². The molecule has 1 atom stereocenters. The van der Waals surface area contributed by atoms with Gasteiger partial charge >= 0.3 is 0 Å². The Kier molecular flexibility index (Phi) is 5.67. The Morgan fingerprint density at radius 2 is 2.30 bits per heavy atom. The molecule has 0 amide bonds. The van der Waals surface area contributed by atoms with Gasteiger partial charge in [0.05, 0.1) is 12.7 Å². The van der Waals surface area contributed by atoms with Crippen molar-refractivity contribution in [3.05, 3.63) is 0 Å². The van der Waals surface area contributed by atoms with Crippen LogP contribution < -0.4 is 0 Å². The highest BCUT2D eigenvalue weighted by Crippen LogP contribution is 2.04. The summed E-state index contributed by atoms with van der Waals surface area (Å²) in [5.74, 6) is 0.580. The van der Waals surface area contributed by atoms with Crippen molar-refractivity contribution in [1.82, 2.24) is 0 Å². The fourth-order valence-electron chi connectivity index (χ4n) is 0.430. The Bertz CT molecular complexity index is 105. The summed E-state index contributed by atoms with van der Waals surface area (Å²) >= 11 is 1.16. The van der Waals surface area contributed by atoms with E-state index < -0.39 is 6.10 Å². The van der Waals surface area contributed by atoms with Crippen molar-refractivity contribution in [3.63, 3.8) is 0 Å². The molecule has 0 heterocycles. The molecular formula is C6H12O3S.